The molecule has 1 saturated heterocycles. The summed E-state index contributed by atoms with van der Waals surface area (Å²) in [5, 5.41) is 2.86. The smallest absolute Gasteiger partial charge is 0.409 e. The van der Waals surface area contributed by atoms with Gasteiger partial charge in [-0.3, -0.25) is 9.69 Å². The minimum absolute atomic E-state index is 0.0363. The molecule has 0 aromatic heterocycles. The van der Waals surface area contributed by atoms with Gasteiger partial charge in [-0.2, -0.15) is 0 Å². The highest BCUT2D eigenvalue weighted by atomic mass is 16.6. The zero-order valence-corrected chi connectivity index (χ0v) is 12.2. The van der Waals surface area contributed by atoms with Crippen molar-refractivity contribution >= 4 is 17.7 Å². The first-order valence-electron chi connectivity index (χ1n) is 7.18. The molecule has 1 N–H and O–H groups in total. The van der Waals surface area contributed by atoms with Crippen molar-refractivity contribution in [3.8, 4) is 0 Å². The Balaban J connectivity index is 1.73. The van der Waals surface area contributed by atoms with Crippen molar-refractivity contribution in [1.82, 2.24) is 9.80 Å². The molecule has 2 amide bonds. The fourth-order valence-electron chi connectivity index (χ4n) is 2.23. The number of nitrogens with one attached hydrogen (secondary N) is 1. The highest BCUT2D eigenvalue weighted by molar-refractivity contribution is 5.92. The molecule has 1 aliphatic rings. The molecule has 6 heteroatoms. The molecule has 1 aliphatic heterocycles. The Morgan fingerprint density at radius 3 is 2.43 bits per heavy atom. The van der Waals surface area contributed by atoms with Gasteiger partial charge >= 0.3 is 6.09 Å². The van der Waals surface area contributed by atoms with Gasteiger partial charge in [0.15, 0.2) is 0 Å². The lowest BCUT2D eigenvalue weighted by Crippen LogP contribution is -2.50. The summed E-state index contributed by atoms with van der Waals surface area (Å²) in [4.78, 5) is 27.2. The number of benzene rings is 1. The fourth-order valence-corrected chi connectivity index (χ4v) is 2.23. The maximum atomic E-state index is 11.9. The van der Waals surface area contributed by atoms with Gasteiger partial charge in [0, 0.05) is 31.9 Å². The number of carbonyl (C=O) groups is 2. The van der Waals surface area contributed by atoms with Crippen molar-refractivity contribution in [2.45, 2.75) is 6.92 Å². The van der Waals surface area contributed by atoms with E-state index in [1.54, 1.807) is 11.8 Å². The lowest BCUT2D eigenvalue weighted by atomic mass is 10.3. The van der Waals surface area contributed by atoms with Crippen LogP contribution in [0.5, 0.6) is 0 Å². The minimum Gasteiger partial charge on any atom is -0.450 e. The van der Waals surface area contributed by atoms with Crippen LogP contribution in [0.15, 0.2) is 30.3 Å². The number of ether oxygens (including phenoxy) is 1. The molecular formula is C15H21N3O3. The summed E-state index contributed by atoms with van der Waals surface area (Å²) < 4.78 is 4.97. The molecule has 21 heavy (non-hydrogen) atoms. The summed E-state index contributed by atoms with van der Waals surface area (Å²) in [7, 11) is 0. The number of amides is 2. The van der Waals surface area contributed by atoms with E-state index in [4.69, 9.17) is 4.74 Å². The lowest BCUT2D eigenvalue weighted by molar-refractivity contribution is -0.117. The molecule has 1 aromatic carbocycles. The normalized spacial score (nSPS) is 15.6. The summed E-state index contributed by atoms with van der Waals surface area (Å²) in [5.74, 6) is -0.0363. The number of anilines is 1. The Kier molecular flexibility index (Phi) is 5.57. The maximum Gasteiger partial charge on any atom is 0.409 e. The monoisotopic (exact) mass is 291 g/mol. The molecule has 6 nitrogen and oxygen atoms in total. The van der Waals surface area contributed by atoms with Gasteiger partial charge in [0.1, 0.15) is 0 Å². The molecule has 0 bridgehead atoms. The summed E-state index contributed by atoms with van der Waals surface area (Å²) in [6.45, 7) is 5.07. The van der Waals surface area contributed by atoms with Gasteiger partial charge in [0.2, 0.25) is 5.91 Å². The van der Waals surface area contributed by atoms with Crippen molar-refractivity contribution in [3.63, 3.8) is 0 Å². The minimum atomic E-state index is -0.272. The van der Waals surface area contributed by atoms with Gasteiger partial charge in [-0.15, -0.1) is 0 Å². The highest BCUT2D eigenvalue weighted by Crippen LogP contribution is 2.07. The van der Waals surface area contributed by atoms with Crippen LogP contribution in [-0.2, 0) is 9.53 Å². The molecule has 114 valence electrons. The number of nitrogens with zero attached hydrogens (tertiary/aromatic N) is 2. The molecule has 1 heterocycles. The third-order valence-electron chi connectivity index (χ3n) is 3.32. The van der Waals surface area contributed by atoms with E-state index < -0.39 is 0 Å². The molecule has 1 fully saturated rings. The van der Waals surface area contributed by atoms with Crippen LogP contribution in [0.1, 0.15) is 6.92 Å². The van der Waals surface area contributed by atoms with Gasteiger partial charge < -0.3 is 15.0 Å². The Morgan fingerprint density at radius 2 is 1.81 bits per heavy atom. The Labute approximate surface area is 124 Å². The number of hydrogen-bond donors (Lipinski definition) is 1. The van der Waals surface area contributed by atoms with Crippen molar-refractivity contribution in [2.75, 3.05) is 44.6 Å². The van der Waals surface area contributed by atoms with Gasteiger partial charge in [-0.25, -0.2) is 4.79 Å². The van der Waals surface area contributed by atoms with E-state index in [9.17, 15) is 9.59 Å². The molecule has 0 aliphatic carbocycles. The maximum absolute atomic E-state index is 11.9. The lowest BCUT2D eigenvalue weighted by Gasteiger charge is -2.33. The third kappa shape index (κ3) is 4.75. The standard InChI is InChI=1S/C15H21N3O3/c1-2-21-15(20)18-10-8-17(9-11-18)12-14(19)16-13-6-4-3-5-7-13/h3-7H,2,8-12H2,1H3,(H,16,19). The predicted octanol–water partition coefficient (Wildman–Crippen LogP) is 1.40. The van der Waals surface area contributed by atoms with E-state index in [0.717, 1.165) is 5.69 Å². The second-order valence-corrected chi connectivity index (χ2v) is 4.88. The summed E-state index contributed by atoms with van der Waals surface area (Å²) in [6.07, 6.45) is -0.272. The Hall–Kier alpha value is -2.08. The molecular weight excluding hydrogens is 270 g/mol. The quantitative estimate of drug-likeness (QED) is 0.911. The second-order valence-electron chi connectivity index (χ2n) is 4.88. The Bertz CT molecular complexity index is 470. The topological polar surface area (TPSA) is 61.9 Å². The van der Waals surface area contributed by atoms with Crippen LogP contribution < -0.4 is 5.32 Å². The van der Waals surface area contributed by atoms with Gasteiger partial charge in [-0.05, 0) is 19.1 Å². The average Bonchev–Trinajstić information content (AvgIpc) is 2.49. The summed E-state index contributed by atoms with van der Waals surface area (Å²) in [5.41, 5.74) is 0.799. The van der Waals surface area contributed by atoms with Crippen molar-refractivity contribution in [2.24, 2.45) is 0 Å². The first kappa shape index (κ1) is 15.3. The van der Waals surface area contributed by atoms with E-state index in [0.29, 0.717) is 39.3 Å². The van der Waals surface area contributed by atoms with E-state index in [1.165, 1.54) is 0 Å². The summed E-state index contributed by atoms with van der Waals surface area (Å²) in [6, 6.07) is 9.39. The molecule has 2 rings (SSSR count). The van der Waals surface area contributed by atoms with Crippen LogP contribution in [0.4, 0.5) is 10.5 Å². The number of piperazine rings is 1. The largest absolute Gasteiger partial charge is 0.450 e. The number of para-hydroxylation sites is 1. The van der Waals surface area contributed by atoms with Crippen LogP contribution in [0, 0.1) is 0 Å². The predicted molar refractivity (Wildman–Crippen MR) is 80.1 cm³/mol. The zero-order chi connectivity index (χ0) is 15.1. The van der Waals surface area contributed by atoms with Crippen LogP contribution >= 0.6 is 0 Å². The van der Waals surface area contributed by atoms with Crippen molar-refractivity contribution in [1.29, 1.82) is 0 Å². The van der Waals surface area contributed by atoms with E-state index in [2.05, 4.69) is 5.32 Å². The third-order valence-corrected chi connectivity index (χ3v) is 3.32. The van der Waals surface area contributed by atoms with Gasteiger partial charge in [0.05, 0.1) is 13.2 Å². The average molecular weight is 291 g/mol. The molecule has 0 radical (unpaired) electrons. The van der Waals surface area contributed by atoms with Crippen LogP contribution in [0.3, 0.4) is 0 Å². The highest BCUT2D eigenvalue weighted by Gasteiger charge is 2.22. The van der Waals surface area contributed by atoms with Gasteiger partial charge in [0.25, 0.3) is 0 Å². The molecule has 0 saturated carbocycles. The Morgan fingerprint density at radius 1 is 1.14 bits per heavy atom. The first-order chi connectivity index (χ1) is 10.2. The SMILES string of the molecule is CCOC(=O)N1CCN(CC(=O)Nc2ccccc2)CC1. The number of rotatable bonds is 4. The number of carbonyl (C=O) groups excluding carboxylic acids is 2. The van der Waals surface area contributed by atoms with E-state index in [-0.39, 0.29) is 12.0 Å². The molecule has 0 atom stereocenters. The fraction of sp³-hybridized carbons (Fsp3) is 0.467. The molecule has 0 spiro atoms. The van der Waals surface area contributed by atoms with Crippen LogP contribution in [-0.4, -0.2) is 61.1 Å². The van der Waals surface area contributed by atoms with E-state index >= 15 is 0 Å². The van der Waals surface area contributed by atoms with Crippen LogP contribution in [0.2, 0.25) is 0 Å². The van der Waals surface area contributed by atoms with Crippen molar-refractivity contribution < 1.29 is 14.3 Å². The van der Waals surface area contributed by atoms with Crippen molar-refractivity contribution in [3.05, 3.63) is 30.3 Å². The molecule has 1 aromatic rings. The summed E-state index contributed by atoms with van der Waals surface area (Å²) >= 11 is 0. The zero-order valence-electron chi connectivity index (χ0n) is 12.2. The van der Waals surface area contributed by atoms with Gasteiger partial charge in [-0.1, -0.05) is 18.2 Å². The first-order valence-corrected chi connectivity index (χ1v) is 7.18. The van der Waals surface area contributed by atoms with Crippen LogP contribution in [0.25, 0.3) is 0 Å². The van der Waals surface area contributed by atoms with E-state index in [1.807, 2.05) is 35.2 Å². The number of hydrogen-bond acceptors (Lipinski definition) is 4. The molecule has 0 unspecified atom stereocenters. The second kappa shape index (κ2) is 7.64.